The van der Waals surface area contributed by atoms with E-state index in [2.05, 4.69) is 32.7 Å². The van der Waals surface area contributed by atoms with E-state index in [1.165, 1.54) is 19.9 Å². The van der Waals surface area contributed by atoms with E-state index in [4.69, 9.17) is 0 Å². The van der Waals surface area contributed by atoms with E-state index in [0.29, 0.717) is 5.13 Å². The summed E-state index contributed by atoms with van der Waals surface area (Å²) in [6.07, 6.45) is 0.778. The molecule has 0 bridgehead atoms. The highest BCUT2D eigenvalue weighted by Gasteiger charge is 2.34. The number of halogens is 1. The van der Waals surface area contributed by atoms with Crippen molar-refractivity contribution in [3.05, 3.63) is 33.2 Å². The first-order valence-corrected chi connectivity index (χ1v) is 8.66. The summed E-state index contributed by atoms with van der Waals surface area (Å²) < 4.78 is 1.19. The standard InChI is InChI=1S/C15H14IN3OS/c1-3-12-9(2)18-19(14(12)20)15-17-13(8-21-15)10-4-6-11(16)7-5-10/h4-8,12H,3H2,1-2H3/t12-/m1/s1. The lowest BCUT2D eigenvalue weighted by atomic mass is 10.0. The molecule has 1 aliphatic heterocycles. The van der Waals surface area contributed by atoms with Crippen molar-refractivity contribution in [3.8, 4) is 11.3 Å². The Morgan fingerprint density at radius 1 is 1.33 bits per heavy atom. The van der Waals surface area contributed by atoms with E-state index in [0.717, 1.165) is 23.4 Å². The van der Waals surface area contributed by atoms with Crippen LogP contribution >= 0.6 is 33.9 Å². The van der Waals surface area contributed by atoms with Crippen LogP contribution in [0.15, 0.2) is 34.7 Å². The predicted molar refractivity (Wildman–Crippen MR) is 94.6 cm³/mol. The van der Waals surface area contributed by atoms with E-state index in [-0.39, 0.29) is 11.8 Å². The molecule has 0 radical (unpaired) electrons. The Bertz CT molecular complexity index is 708. The summed E-state index contributed by atoms with van der Waals surface area (Å²) in [4.78, 5) is 16.9. The van der Waals surface area contributed by atoms with E-state index >= 15 is 0 Å². The Hall–Kier alpha value is -1.28. The van der Waals surface area contributed by atoms with Crippen LogP contribution < -0.4 is 5.01 Å². The summed E-state index contributed by atoms with van der Waals surface area (Å²) in [6.45, 7) is 3.91. The molecule has 0 aliphatic carbocycles. The minimum Gasteiger partial charge on any atom is -0.272 e. The molecule has 1 aromatic carbocycles. The van der Waals surface area contributed by atoms with Crippen LogP contribution in [0.25, 0.3) is 11.3 Å². The highest BCUT2D eigenvalue weighted by molar-refractivity contribution is 14.1. The van der Waals surface area contributed by atoms with Gasteiger partial charge in [-0.3, -0.25) is 4.79 Å². The highest BCUT2D eigenvalue weighted by atomic mass is 127. The third-order valence-corrected chi connectivity index (χ3v) is 5.03. The molecule has 4 nitrogen and oxygen atoms in total. The van der Waals surface area contributed by atoms with Gasteiger partial charge in [0.2, 0.25) is 5.13 Å². The Morgan fingerprint density at radius 2 is 2.05 bits per heavy atom. The second-order valence-electron chi connectivity index (χ2n) is 4.87. The van der Waals surface area contributed by atoms with Crippen LogP contribution in [-0.4, -0.2) is 16.6 Å². The van der Waals surface area contributed by atoms with Crippen LogP contribution in [0.1, 0.15) is 20.3 Å². The van der Waals surface area contributed by atoms with E-state index in [9.17, 15) is 4.79 Å². The second kappa shape index (κ2) is 5.84. The summed E-state index contributed by atoms with van der Waals surface area (Å²) in [5.41, 5.74) is 2.80. The van der Waals surface area contributed by atoms with Crippen LogP contribution in [0.5, 0.6) is 0 Å². The Balaban J connectivity index is 1.89. The molecule has 2 heterocycles. The third-order valence-electron chi connectivity index (χ3n) is 3.49. The molecule has 0 spiro atoms. The minimum absolute atomic E-state index is 0.0264. The molecule has 0 saturated heterocycles. The number of anilines is 1. The molecular formula is C15H14IN3OS. The van der Waals surface area contributed by atoms with E-state index < -0.39 is 0 Å². The fourth-order valence-electron chi connectivity index (χ4n) is 2.32. The van der Waals surface area contributed by atoms with Gasteiger partial charge in [-0.1, -0.05) is 19.1 Å². The van der Waals surface area contributed by atoms with Crippen molar-refractivity contribution in [2.24, 2.45) is 11.0 Å². The maximum Gasteiger partial charge on any atom is 0.258 e. The molecule has 0 unspecified atom stereocenters. The first kappa shape index (κ1) is 14.6. The highest BCUT2D eigenvalue weighted by Crippen LogP contribution is 2.31. The molecule has 2 aromatic rings. The van der Waals surface area contributed by atoms with E-state index in [1.54, 1.807) is 0 Å². The first-order valence-electron chi connectivity index (χ1n) is 6.70. The number of amides is 1. The van der Waals surface area contributed by atoms with Crippen LogP contribution in [0, 0.1) is 9.49 Å². The summed E-state index contributed by atoms with van der Waals surface area (Å²) in [5, 5.41) is 8.42. The normalized spacial score (nSPS) is 18.2. The minimum atomic E-state index is -0.101. The maximum absolute atomic E-state index is 12.3. The van der Waals surface area contributed by atoms with Crippen molar-refractivity contribution < 1.29 is 4.79 Å². The number of carbonyl (C=O) groups is 1. The van der Waals surface area contributed by atoms with Gasteiger partial charge in [0.25, 0.3) is 5.91 Å². The molecule has 1 aliphatic rings. The lowest BCUT2D eigenvalue weighted by molar-refractivity contribution is -0.119. The number of hydrogen-bond acceptors (Lipinski definition) is 4. The molecule has 0 N–H and O–H groups in total. The van der Waals surface area contributed by atoms with Crippen molar-refractivity contribution in [1.82, 2.24) is 4.98 Å². The lowest BCUT2D eigenvalue weighted by Crippen LogP contribution is -2.26. The topological polar surface area (TPSA) is 45.6 Å². The molecule has 1 aromatic heterocycles. The number of rotatable bonds is 3. The fraction of sp³-hybridized carbons (Fsp3) is 0.267. The van der Waals surface area contributed by atoms with Crippen LogP contribution in [0.3, 0.4) is 0 Å². The molecule has 3 rings (SSSR count). The number of thiazole rings is 1. The largest absolute Gasteiger partial charge is 0.272 e. The molecule has 21 heavy (non-hydrogen) atoms. The van der Waals surface area contributed by atoms with Gasteiger partial charge in [-0.2, -0.15) is 10.1 Å². The second-order valence-corrected chi connectivity index (χ2v) is 6.96. The van der Waals surface area contributed by atoms with Gasteiger partial charge >= 0.3 is 0 Å². The molecule has 108 valence electrons. The Morgan fingerprint density at radius 3 is 2.67 bits per heavy atom. The first-order chi connectivity index (χ1) is 10.1. The Labute approximate surface area is 141 Å². The van der Waals surface area contributed by atoms with Gasteiger partial charge in [0.1, 0.15) is 0 Å². The number of benzene rings is 1. The number of aromatic nitrogens is 1. The van der Waals surface area contributed by atoms with Crippen molar-refractivity contribution in [2.45, 2.75) is 20.3 Å². The zero-order valence-electron chi connectivity index (χ0n) is 11.7. The molecule has 1 amide bonds. The average molecular weight is 411 g/mol. The smallest absolute Gasteiger partial charge is 0.258 e. The number of hydrazone groups is 1. The maximum atomic E-state index is 12.3. The summed E-state index contributed by atoms with van der Waals surface area (Å²) in [6, 6.07) is 8.17. The molecule has 6 heteroatoms. The quantitative estimate of drug-likeness (QED) is 0.712. The number of hydrogen-bond donors (Lipinski definition) is 0. The zero-order valence-corrected chi connectivity index (χ0v) is 14.7. The monoisotopic (exact) mass is 411 g/mol. The summed E-state index contributed by atoms with van der Waals surface area (Å²) >= 11 is 3.72. The van der Waals surface area contributed by atoms with Crippen molar-refractivity contribution in [2.75, 3.05) is 5.01 Å². The SMILES string of the molecule is CC[C@H]1C(=O)N(c2nc(-c3ccc(I)cc3)cs2)N=C1C. The van der Waals surface area contributed by atoms with Gasteiger partial charge in [-0.05, 0) is 48.1 Å². The van der Waals surface area contributed by atoms with E-state index in [1.807, 2.05) is 43.5 Å². The van der Waals surface area contributed by atoms with Gasteiger partial charge in [0.05, 0.1) is 11.6 Å². The number of nitrogens with zero attached hydrogens (tertiary/aromatic N) is 3. The number of carbonyl (C=O) groups excluding carboxylic acids is 1. The molecular weight excluding hydrogens is 397 g/mol. The van der Waals surface area contributed by atoms with Gasteiger partial charge < -0.3 is 0 Å². The van der Waals surface area contributed by atoms with Crippen LogP contribution in [0.2, 0.25) is 0 Å². The lowest BCUT2D eigenvalue weighted by Gasteiger charge is -2.09. The van der Waals surface area contributed by atoms with Crippen LogP contribution in [0.4, 0.5) is 5.13 Å². The van der Waals surface area contributed by atoms with Gasteiger partial charge in [-0.15, -0.1) is 11.3 Å². The van der Waals surface area contributed by atoms with Crippen LogP contribution in [-0.2, 0) is 4.79 Å². The van der Waals surface area contributed by atoms with Gasteiger partial charge in [0.15, 0.2) is 0 Å². The van der Waals surface area contributed by atoms with Crippen molar-refractivity contribution in [3.63, 3.8) is 0 Å². The summed E-state index contributed by atoms with van der Waals surface area (Å²) in [7, 11) is 0. The van der Waals surface area contributed by atoms with Crippen molar-refractivity contribution in [1.29, 1.82) is 0 Å². The fourth-order valence-corrected chi connectivity index (χ4v) is 3.47. The average Bonchev–Trinajstić information content (AvgIpc) is 3.05. The predicted octanol–water partition coefficient (Wildman–Crippen LogP) is 4.16. The molecule has 0 fully saturated rings. The third kappa shape index (κ3) is 2.74. The van der Waals surface area contributed by atoms with Gasteiger partial charge in [0, 0.05) is 20.2 Å². The van der Waals surface area contributed by atoms with Gasteiger partial charge in [-0.25, -0.2) is 4.98 Å². The Kier molecular flexibility index (Phi) is 4.08. The zero-order chi connectivity index (χ0) is 15.0. The van der Waals surface area contributed by atoms with Crippen molar-refractivity contribution >= 4 is 50.7 Å². The summed E-state index contributed by atoms with van der Waals surface area (Å²) in [5.74, 6) is -0.0748. The molecule has 0 saturated carbocycles. The molecule has 1 atom stereocenters.